The predicted molar refractivity (Wildman–Crippen MR) is 164 cm³/mol. The molecule has 2 aromatic heterocycles. The number of aryl methyl sites for hydroxylation is 1. The number of hydrogen-bond acceptors (Lipinski definition) is 11. The summed E-state index contributed by atoms with van der Waals surface area (Å²) in [7, 11) is 2.14. The third-order valence-electron chi connectivity index (χ3n) is 6.82. The second-order valence-electron chi connectivity index (χ2n) is 10.1. The van der Waals surface area contributed by atoms with E-state index in [2.05, 4.69) is 32.1 Å². The number of nitrogens with zero attached hydrogens (tertiary/aromatic N) is 4. The summed E-state index contributed by atoms with van der Waals surface area (Å²) < 4.78 is 17.1. The SMILES string of the molecule is CC(=O)O.CCOC(=O)c1c(Nc2ccc(OCCN3CCN(C)CC3)cc2C)oc(C=C2C=Nc3ncccc32)c1O. The molecule has 0 unspecified atom stereocenters. The highest BCUT2D eigenvalue weighted by Gasteiger charge is 2.27. The first-order chi connectivity index (χ1) is 20.7. The van der Waals surface area contributed by atoms with Crippen molar-refractivity contribution in [3.8, 4) is 11.5 Å². The highest BCUT2D eigenvalue weighted by atomic mass is 16.5. The third kappa shape index (κ3) is 8.21. The number of fused-ring (bicyclic) bond motifs is 1. The molecule has 1 fully saturated rings. The molecule has 3 N–H and O–H groups in total. The normalized spacial score (nSPS) is 15.5. The number of ether oxygens (including phenoxy) is 2. The van der Waals surface area contributed by atoms with Crippen LogP contribution in [0, 0.1) is 6.92 Å². The molecule has 3 aromatic rings. The molecular weight excluding hydrogens is 554 g/mol. The van der Waals surface area contributed by atoms with E-state index in [1.165, 1.54) is 0 Å². The maximum atomic E-state index is 12.8. The number of furan rings is 1. The molecule has 43 heavy (non-hydrogen) atoms. The second kappa shape index (κ2) is 14.5. The molecule has 0 saturated carbocycles. The average Bonchev–Trinajstić information content (AvgIpc) is 3.51. The van der Waals surface area contributed by atoms with Gasteiger partial charge >= 0.3 is 5.97 Å². The number of carbonyl (C=O) groups excluding carboxylic acids is 1. The van der Waals surface area contributed by atoms with Gasteiger partial charge in [-0.2, -0.15) is 0 Å². The zero-order valence-corrected chi connectivity index (χ0v) is 24.8. The van der Waals surface area contributed by atoms with Gasteiger partial charge in [-0.15, -0.1) is 0 Å². The monoisotopic (exact) mass is 591 g/mol. The summed E-state index contributed by atoms with van der Waals surface area (Å²) in [5.41, 5.74) is 3.03. The highest BCUT2D eigenvalue weighted by molar-refractivity contribution is 6.21. The van der Waals surface area contributed by atoms with E-state index < -0.39 is 11.9 Å². The summed E-state index contributed by atoms with van der Waals surface area (Å²) in [6.07, 6.45) is 4.93. The zero-order valence-electron chi connectivity index (χ0n) is 24.8. The Kier molecular flexibility index (Phi) is 10.5. The number of piperazine rings is 1. The van der Waals surface area contributed by atoms with E-state index in [1.54, 1.807) is 25.4 Å². The van der Waals surface area contributed by atoms with Crippen molar-refractivity contribution in [3.05, 3.63) is 59.0 Å². The summed E-state index contributed by atoms with van der Waals surface area (Å²) in [5, 5.41) is 21.5. The number of aromatic nitrogens is 1. The highest BCUT2D eigenvalue weighted by Crippen LogP contribution is 2.40. The zero-order chi connectivity index (χ0) is 30.9. The summed E-state index contributed by atoms with van der Waals surface area (Å²) in [6, 6.07) is 9.35. The van der Waals surface area contributed by atoms with Crippen LogP contribution in [0.5, 0.6) is 11.5 Å². The maximum absolute atomic E-state index is 12.8. The summed E-state index contributed by atoms with van der Waals surface area (Å²) >= 11 is 0. The number of carboxylic acids is 1. The Labute approximate surface area is 250 Å². The van der Waals surface area contributed by atoms with Crippen molar-refractivity contribution in [2.75, 3.05) is 58.3 Å². The minimum atomic E-state index is -0.833. The molecule has 0 bridgehead atoms. The van der Waals surface area contributed by atoms with Gasteiger partial charge in [-0.3, -0.25) is 9.69 Å². The number of anilines is 2. The minimum absolute atomic E-state index is 0.0723. The van der Waals surface area contributed by atoms with Gasteiger partial charge in [-0.05, 0) is 62.9 Å². The molecule has 0 aliphatic carbocycles. The van der Waals surface area contributed by atoms with Crippen LogP contribution in [0.25, 0.3) is 11.6 Å². The van der Waals surface area contributed by atoms with Crippen LogP contribution in [-0.4, -0.2) is 96.1 Å². The molecule has 4 heterocycles. The van der Waals surface area contributed by atoms with E-state index in [1.807, 2.05) is 37.3 Å². The molecule has 1 saturated heterocycles. The number of nitrogens with one attached hydrogen (secondary N) is 1. The topological polar surface area (TPSA) is 150 Å². The van der Waals surface area contributed by atoms with Crippen LogP contribution in [0.3, 0.4) is 0 Å². The summed E-state index contributed by atoms with van der Waals surface area (Å²) in [5.74, 6) is -0.282. The molecule has 5 rings (SSSR count). The fourth-order valence-corrected chi connectivity index (χ4v) is 4.55. The predicted octanol–water partition coefficient (Wildman–Crippen LogP) is 4.58. The van der Waals surface area contributed by atoms with Gasteiger partial charge in [0.15, 0.2) is 22.9 Å². The number of benzene rings is 1. The summed E-state index contributed by atoms with van der Waals surface area (Å²) in [6.45, 7) is 10.6. The molecule has 0 amide bonds. The number of esters is 1. The number of hydrogen-bond donors (Lipinski definition) is 3. The number of allylic oxidation sites excluding steroid dienone is 1. The quantitative estimate of drug-likeness (QED) is 0.300. The van der Waals surface area contributed by atoms with Gasteiger partial charge in [-0.1, -0.05) is 0 Å². The standard InChI is InChI=1S/C29H33N5O5.C2H4O2/c1-4-37-29(36)25-26(35)24(17-20-18-31-27-22(20)6-5-9-30-27)39-28(25)32-23-8-7-21(16-19(23)2)38-15-14-34-12-10-33(3)11-13-34;1-2(3)4/h5-9,16-18,32,35H,4,10-15H2,1-3H3;1H3,(H,3,4). The lowest BCUT2D eigenvalue weighted by atomic mass is 10.1. The van der Waals surface area contributed by atoms with Crippen LogP contribution in [0.1, 0.15) is 41.1 Å². The number of aliphatic carboxylic acids is 1. The van der Waals surface area contributed by atoms with Crippen molar-refractivity contribution in [3.63, 3.8) is 0 Å². The number of aromatic hydroxyl groups is 1. The van der Waals surface area contributed by atoms with Crippen LogP contribution in [0.15, 0.2) is 45.9 Å². The molecule has 1 aromatic carbocycles. The first-order valence-electron chi connectivity index (χ1n) is 14.0. The first-order valence-corrected chi connectivity index (χ1v) is 14.0. The van der Waals surface area contributed by atoms with E-state index in [9.17, 15) is 9.90 Å². The maximum Gasteiger partial charge on any atom is 0.347 e. The molecule has 2 aliphatic rings. The molecule has 0 radical (unpaired) electrons. The number of carbonyl (C=O) groups is 2. The first kappa shape index (κ1) is 31.3. The lowest BCUT2D eigenvalue weighted by molar-refractivity contribution is -0.134. The molecule has 0 spiro atoms. The molecular formula is C31H37N5O7. The van der Waals surface area contributed by atoms with Crippen molar-refractivity contribution in [2.24, 2.45) is 4.99 Å². The van der Waals surface area contributed by atoms with Gasteiger partial charge in [0.05, 0.1) is 6.61 Å². The van der Waals surface area contributed by atoms with Crippen LogP contribution in [0.2, 0.25) is 0 Å². The summed E-state index contributed by atoms with van der Waals surface area (Å²) in [4.78, 5) is 35.0. The number of carboxylic acid groups (broad SMARTS) is 1. The molecule has 0 atom stereocenters. The Morgan fingerprint density at radius 2 is 1.93 bits per heavy atom. The van der Waals surface area contributed by atoms with Crippen LogP contribution in [0.4, 0.5) is 17.4 Å². The van der Waals surface area contributed by atoms with Gasteiger partial charge in [-0.25, -0.2) is 14.8 Å². The van der Waals surface area contributed by atoms with Crippen molar-refractivity contribution < 1.29 is 33.7 Å². The minimum Gasteiger partial charge on any atom is -0.504 e. The fourth-order valence-electron chi connectivity index (χ4n) is 4.55. The Morgan fingerprint density at radius 3 is 2.63 bits per heavy atom. The lowest BCUT2D eigenvalue weighted by Gasteiger charge is -2.32. The lowest BCUT2D eigenvalue weighted by Crippen LogP contribution is -2.45. The fraction of sp³-hybridized carbons (Fsp3) is 0.355. The average molecular weight is 592 g/mol. The number of aliphatic imine (C=N–C) groups is 1. The van der Waals surface area contributed by atoms with Crippen LogP contribution in [-0.2, 0) is 9.53 Å². The van der Waals surface area contributed by atoms with E-state index in [0.29, 0.717) is 23.7 Å². The van der Waals surface area contributed by atoms with Gasteiger partial charge in [0.1, 0.15) is 12.4 Å². The van der Waals surface area contributed by atoms with Crippen molar-refractivity contribution in [1.29, 1.82) is 0 Å². The molecule has 2 aliphatic heterocycles. The number of pyridine rings is 1. The van der Waals surface area contributed by atoms with E-state index >= 15 is 0 Å². The van der Waals surface area contributed by atoms with Crippen LogP contribution < -0.4 is 10.1 Å². The Hall–Kier alpha value is -4.68. The van der Waals surface area contributed by atoms with Crippen molar-refractivity contribution >= 4 is 47.2 Å². The smallest absolute Gasteiger partial charge is 0.347 e. The molecule has 12 heteroatoms. The second-order valence-corrected chi connectivity index (χ2v) is 10.1. The molecule has 12 nitrogen and oxygen atoms in total. The Bertz CT molecular complexity index is 1500. The third-order valence-corrected chi connectivity index (χ3v) is 6.82. The largest absolute Gasteiger partial charge is 0.504 e. The van der Waals surface area contributed by atoms with Gasteiger partial charge in [0.25, 0.3) is 5.97 Å². The van der Waals surface area contributed by atoms with Gasteiger partial charge < -0.3 is 34.3 Å². The van der Waals surface area contributed by atoms with Gasteiger partial charge in [0, 0.05) is 68.9 Å². The van der Waals surface area contributed by atoms with E-state index in [4.69, 9.17) is 23.8 Å². The van der Waals surface area contributed by atoms with Crippen LogP contribution >= 0.6 is 0 Å². The Balaban J connectivity index is 0.000000996. The Morgan fingerprint density at radius 1 is 1.19 bits per heavy atom. The van der Waals surface area contributed by atoms with Gasteiger partial charge in [0.2, 0.25) is 5.88 Å². The number of likely N-dealkylation sites (N-methyl/N-ethyl adjacent to an activating group) is 1. The van der Waals surface area contributed by atoms with Crippen molar-refractivity contribution in [2.45, 2.75) is 20.8 Å². The number of rotatable bonds is 9. The van der Waals surface area contributed by atoms with Crippen molar-refractivity contribution in [1.82, 2.24) is 14.8 Å². The molecule has 228 valence electrons. The van der Waals surface area contributed by atoms with E-state index in [0.717, 1.165) is 56.5 Å². The van der Waals surface area contributed by atoms with E-state index in [-0.39, 0.29) is 29.6 Å².